The van der Waals surface area contributed by atoms with E-state index in [2.05, 4.69) is 5.32 Å². The molecule has 0 unspecified atom stereocenters. The topological polar surface area (TPSA) is 71.5 Å². The predicted molar refractivity (Wildman–Crippen MR) is 143 cm³/mol. The lowest BCUT2D eigenvalue weighted by Crippen LogP contribution is -2.28. The highest BCUT2D eigenvalue weighted by Gasteiger charge is 2.31. The highest BCUT2D eigenvalue weighted by atomic mass is 35.5. The van der Waals surface area contributed by atoms with Crippen molar-refractivity contribution in [3.63, 3.8) is 0 Å². The Balaban J connectivity index is 1.92. The number of nitrogens with one attached hydrogen (secondary N) is 1. The summed E-state index contributed by atoms with van der Waals surface area (Å²) in [7, 11) is 0. The molecule has 1 atom stereocenters. The Labute approximate surface area is 214 Å². The maximum Gasteiger partial charge on any atom is 0.337 e. The molecule has 2 N–H and O–H groups in total. The number of aliphatic carboxylic acids is 1. The second kappa shape index (κ2) is 9.86. The molecule has 0 aliphatic heterocycles. The zero-order chi connectivity index (χ0) is 25.3. The fraction of sp³-hybridized carbons (Fsp3) is 0.214. The van der Waals surface area contributed by atoms with Gasteiger partial charge in [-0.3, -0.25) is 0 Å². The average molecular weight is 509 g/mol. The normalized spacial score (nSPS) is 12.5. The van der Waals surface area contributed by atoms with E-state index in [0.717, 1.165) is 33.3 Å². The number of carbonyl (C=O) groups is 1. The van der Waals surface area contributed by atoms with Gasteiger partial charge in [-0.25, -0.2) is 9.78 Å². The molecule has 5 nitrogen and oxygen atoms in total. The first-order valence-corrected chi connectivity index (χ1v) is 11.9. The standard InChI is InChI=1S/C28H26Cl2N2O3/c1-16-15-22-21(13-14-23(32-22)31-20-11-9-19(30)10-12-20)25(17-5-7-18(29)8-6-17)24(16)26(27(33)34)35-28(2,3)4/h5-15,26H,1-4H3,(H,31,32)(H,33,34)/t26-/m0/s1. The number of aryl methyl sites for hydroxylation is 1. The van der Waals surface area contributed by atoms with Crippen LogP contribution in [-0.2, 0) is 9.53 Å². The van der Waals surface area contributed by atoms with E-state index in [-0.39, 0.29) is 0 Å². The van der Waals surface area contributed by atoms with Crippen LogP contribution in [0.4, 0.5) is 11.5 Å². The second-order valence-corrected chi connectivity index (χ2v) is 10.2. The van der Waals surface area contributed by atoms with E-state index < -0.39 is 17.7 Å². The van der Waals surface area contributed by atoms with Crippen molar-refractivity contribution in [2.75, 3.05) is 5.32 Å². The molecule has 0 bridgehead atoms. The largest absolute Gasteiger partial charge is 0.479 e. The van der Waals surface area contributed by atoms with Crippen molar-refractivity contribution in [2.45, 2.75) is 39.4 Å². The van der Waals surface area contributed by atoms with E-state index in [1.807, 2.05) is 70.2 Å². The first kappa shape index (κ1) is 25.0. The first-order valence-electron chi connectivity index (χ1n) is 11.2. The van der Waals surface area contributed by atoms with Gasteiger partial charge in [-0.2, -0.15) is 0 Å². The van der Waals surface area contributed by atoms with Crippen molar-refractivity contribution in [3.05, 3.63) is 87.9 Å². The van der Waals surface area contributed by atoms with Gasteiger partial charge in [0.2, 0.25) is 0 Å². The lowest BCUT2D eigenvalue weighted by atomic mass is 9.88. The summed E-state index contributed by atoms with van der Waals surface area (Å²) in [5, 5.41) is 15.5. The maximum absolute atomic E-state index is 12.4. The Morgan fingerprint density at radius 2 is 1.57 bits per heavy atom. The number of hydrogen-bond donors (Lipinski definition) is 2. The molecule has 3 aromatic carbocycles. The predicted octanol–water partition coefficient (Wildman–Crippen LogP) is 8.20. The number of pyridine rings is 1. The van der Waals surface area contributed by atoms with Gasteiger partial charge in [0.1, 0.15) is 5.82 Å². The summed E-state index contributed by atoms with van der Waals surface area (Å²) in [6.45, 7) is 7.42. The van der Waals surface area contributed by atoms with E-state index >= 15 is 0 Å². The highest BCUT2D eigenvalue weighted by Crippen LogP contribution is 2.40. The Morgan fingerprint density at radius 1 is 0.971 bits per heavy atom. The van der Waals surface area contributed by atoms with Crippen molar-refractivity contribution in [1.82, 2.24) is 4.98 Å². The summed E-state index contributed by atoms with van der Waals surface area (Å²) >= 11 is 12.1. The quantitative estimate of drug-likeness (QED) is 0.274. The molecule has 4 aromatic rings. The van der Waals surface area contributed by atoms with Gasteiger partial charge >= 0.3 is 5.97 Å². The summed E-state index contributed by atoms with van der Waals surface area (Å²) in [5.41, 5.74) is 3.90. The van der Waals surface area contributed by atoms with Gasteiger partial charge in [0, 0.05) is 26.7 Å². The monoisotopic (exact) mass is 508 g/mol. The van der Waals surface area contributed by atoms with E-state index in [1.54, 1.807) is 24.3 Å². The van der Waals surface area contributed by atoms with Gasteiger partial charge in [0.05, 0.1) is 11.1 Å². The van der Waals surface area contributed by atoms with Gasteiger partial charge in [-0.15, -0.1) is 0 Å². The van der Waals surface area contributed by atoms with Crippen LogP contribution < -0.4 is 5.32 Å². The molecule has 4 rings (SSSR count). The van der Waals surface area contributed by atoms with Crippen molar-refractivity contribution < 1.29 is 14.6 Å². The number of carboxylic acids is 1. The number of fused-ring (bicyclic) bond motifs is 1. The van der Waals surface area contributed by atoms with Crippen LogP contribution in [0.25, 0.3) is 22.0 Å². The summed E-state index contributed by atoms with van der Waals surface area (Å²) in [6, 6.07) is 20.4. The van der Waals surface area contributed by atoms with Crippen LogP contribution in [0, 0.1) is 6.92 Å². The van der Waals surface area contributed by atoms with E-state index in [4.69, 9.17) is 32.9 Å². The molecule has 0 saturated heterocycles. The Bertz CT molecular complexity index is 1380. The molecule has 7 heteroatoms. The van der Waals surface area contributed by atoms with Gasteiger partial charge < -0.3 is 15.2 Å². The number of halogens is 2. The Morgan fingerprint density at radius 3 is 2.14 bits per heavy atom. The molecule has 0 fully saturated rings. The van der Waals surface area contributed by atoms with E-state index in [9.17, 15) is 9.90 Å². The molecule has 1 aromatic heterocycles. The Kier molecular flexibility index (Phi) is 7.04. The lowest BCUT2D eigenvalue weighted by molar-refractivity contribution is -0.160. The molecular weight excluding hydrogens is 483 g/mol. The molecule has 0 radical (unpaired) electrons. The van der Waals surface area contributed by atoms with Crippen molar-refractivity contribution in [3.8, 4) is 11.1 Å². The van der Waals surface area contributed by atoms with Crippen LogP contribution in [0.5, 0.6) is 0 Å². The first-order chi connectivity index (χ1) is 16.5. The number of aromatic nitrogens is 1. The van der Waals surface area contributed by atoms with Crippen molar-refractivity contribution in [2.24, 2.45) is 0 Å². The van der Waals surface area contributed by atoms with E-state index in [1.165, 1.54) is 0 Å². The number of anilines is 2. The summed E-state index contributed by atoms with van der Waals surface area (Å²) in [6.07, 6.45) is -1.16. The lowest BCUT2D eigenvalue weighted by Gasteiger charge is -2.28. The van der Waals surface area contributed by atoms with Crippen molar-refractivity contribution >= 4 is 51.6 Å². The van der Waals surface area contributed by atoms with Crippen molar-refractivity contribution in [1.29, 1.82) is 0 Å². The minimum atomic E-state index is -1.16. The number of ether oxygens (including phenoxy) is 1. The minimum Gasteiger partial charge on any atom is -0.479 e. The summed E-state index contributed by atoms with van der Waals surface area (Å²) in [4.78, 5) is 17.2. The molecule has 180 valence electrons. The van der Waals surface area contributed by atoms with Crippen LogP contribution in [0.15, 0.2) is 66.7 Å². The molecule has 1 heterocycles. The van der Waals surface area contributed by atoms with Crippen LogP contribution in [0.2, 0.25) is 10.0 Å². The smallest absolute Gasteiger partial charge is 0.337 e. The third-order valence-electron chi connectivity index (χ3n) is 5.45. The maximum atomic E-state index is 12.4. The molecule has 0 amide bonds. The van der Waals surface area contributed by atoms with Crippen LogP contribution >= 0.6 is 23.2 Å². The third kappa shape index (κ3) is 5.76. The zero-order valence-corrected chi connectivity index (χ0v) is 21.4. The SMILES string of the molecule is Cc1cc2nc(Nc3ccc(Cl)cc3)ccc2c(-c2ccc(Cl)cc2)c1[C@H](OC(C)(C)C)C(=O)O. The molecular formula is C28H26Cl2N2O3. The van der Waals surface area contributed by atoms with Crippen LogP contribution in [-0.4, -0.2) is 21.7 Å². The van der Waals surface area contributed by atoms with Crippen LogP contribution in [0.1, 0.15) is 38.0 Å². The molecule has 0 aliphatic carbocycles. The fourth-order valence-electron chi connectivity index (χ4n) is 4.02. The van der Waals surface area contributed by atoms with E-state index in [0.29, 0.717) is 21.4 Å². The molecule has 0 spiro atoms. The Hall–Kier alpha value is -3.12. The molecule has 0 saturated carbocycles. The number of carboxylic acid groups (broad SMARTS) is 1. The number of benzene rings is 3. The highest BCUT2D eigenvalue weighted by molar-refractivity contribution is 6.31. The van der Waals surface area contributed by atoms with Gasteiger partial charge in [0.15, 0.2) is 6.10 Å². The van der Waals surface area contributed by atoms with Gasteiger partial charge in [0.25, 0.3) is 0 Å². The summed E-state index contributed by atoms with van der Waals surface area (Å²) < 4.78 is 6.04. The molecule has 35 heavy (non-hydrogen) atoms. The number of hydrogen-bond acceptors (Lipinski definition) is 4. The van der Waals surface area contributed by atoms with Gasteiger partial charge in [-0.1, -0.05) is 35.3 Å². The zero-order valence-electron chi connectivity index (χ0n) is 19.9. The van der Waals surface area contributed by atoms with Gasteiger partial charge in [-0.05, 0) is 99.0 Å². The second-order valence-electron chi connectivity index (χ2n) is 9.33. The van der Waals surface area contributed by atoms with Crippen LogP contribution in [0.3, 0.4) is 0 Å². The average Bonchev–Trinajstić information content (AvgIpc) is 2.78. The third-order valence-corrected chi connectivity index (χ3v) is 5.95. The number of nitrogens with zero attached hydrogens (tertiary/aromatic N) is 1. The molecule has 0 aliphatic rings. The summed E-state index contributed by atoms with van der Waals surface area (Å²) in [5.74, 6) is -0.388. The number of rotatable bonds is 6. The minimum absolute atomic E-state index is 0.598. The fourth-order valence-corrected chi connectivity index (χ4v) is 4.28.